The molecule has 4 nitrogen and oxygen atoms in total. The van der Waals surface area contributed by atoms with Crippen LogP contribution in [0.3, 0.4) is 0 Å². The summed E-state index contributed by atoms with van der Waals surface area (Å²) < 4.78 is 0. The number of thioether (sulfide) groups is 1. The molecule has 18 heavy (non-hydrogen) atoms. The quantitative estimate of drug-likeness (QED) is 0.848. The van der Waals surface area contributed by atoms with Crippen LogP contribution in [-0.4, -0.2) is 22.9 Å². The highest BCUT2D eigenvalue weighted by molar-refractivity contribution is 8.03. The Kier molecular flexibility index (Phi) is 4.15. The molecule has 0 saturated carbocycles. The highest BCUT2D eigenvalue weighted by Crippen LogP contribution is 2.34. The Balaban J connectivity index is 2.12. The van der Waals surface area contributed by atoms with E-state index in [0.717, 1.165) is 28.2 Å². The fourth-order valence-corrected chi connectivity index (χ4v) is 2.99. The van der Waals surface area contributed by atoms with Gasteiger partial charge < -0.3 is 5.11 Å². The van der Waals surface area contributed by atoms with Crippen molar-refractivity contribution in [3.05, 3.63) is 45.2 Å². The molecule has 1 saturated heterocycles. The summed E-state index contributed by atoms with van der Waals surface area (Å²) in [6.45, 7) is 0. The smallest absolute Gasteiger partial charge is 0.307 e. The number of carbonyl (C=O) groups is 1. The third-order valence-corrected chi connectivity index (χ3v) is 3.92. The van der Waals surface area contributed by atoms with Gasteiger partial charge >= 0.3 is 5.97 Å². The Bertz CT molecular complexity index is 482. The molecule has 1 aromatic rings. The number of nitrogens with zero attached hydrogens (tertiary/aromatic N) is 1. The summed E-state index contributed by atoms with van der Waals surface area (Å²) in [5, 5.41) is 11.8. The maximum absolute atomic E-state index is 10.6. The van der Waals surface area contributed by atoms with E-state index in [0.29, 0.717) is 0 Å². The molecule has 1 atom stereocenters. The van der Waals surface area contributed by atoms with E-state index in [1.54, 1.807) is 23.9 Å². The van der Waals surface area contributed by atoms with E-state index in [1.807, 2.05) is 18.2 Å². The lowest BCUT2D eigenvalue weighted by Crippen LogP contribution is -1.99. The topological polar surface area (TPSA) is 66.7 Å². The molecule has 0 unspecified atom stereocenters. The van der Waals surface area contributed by atoms with Gasteiger partial charge in [-0.05, 0) is 23.6 Å². The Hall–Kier alpha value is -1.62. The van der Waals surface area contributed by atoms with Crippen molar-refractivity contribution in [2.24, 2.45) is 5.18 Å². The van der Waals surface area contributed by atoms with E-state index >= 15 is 0 Å². The molecule has 1 aliphatic heterocycles. The van der Waals surface area contributed by atoms with Crippen LogP contribution in [0.2, 0.25) is 0 Å². The van der Waals surface area contributed by atoms with Crippen molar-refractivity contribution in [1.29, 1.82) is 0 Å². The molecular weight excluding hydrogens is 250 g/mol. The summed E-state index contributed by atoms with van der Waals surface area (Å²) in [7, 11) is 0. The number of benzene rings is 1. The first-order valence-electron chi connectivity index (χ1n) is 5.66. The fraction of sp³-hybridized carbons (Fsp3) is 0.308. The van der Waals surface area contributed by atoms with Gasteiger partial charge in [-0.2, -0.15) is 4.91 Å². The maximum Gasteiger partial charge on any atom is 0.307 e. The highest BCUT2D eigenvalue weighted by Gasteiger charge is 2.22. The zero-order chi connectivity index (χ0) is 13.0. The van der Waals surface area contributed by atoms with Gasteiger partial charge in [0, 0.05) is 10.7 Å². The van der Waals surface area contributed by atoms with Gasteiger partial charge in [0.1, 0.15) is 6.04 Å². The van der Waals surface area contributed by atoms with Crippen molar-refractivity contribution in [3.8, 4) is 0 Å². The number of nitroso groups, excluding NO2 is 1. The molecule has 0 aliphatic carbocycles. The molecule has 0 bridgehead atoms. The Morgan fingerprint density at radius 2 is 2.17 bits per heavy atom. The number of hydrogen-bond acceptors (Lipinski definition) is 4. The molecule has 94 valence electrons. The molecule has 0 spiro atoms. The summed E-state index contributed by atoms with van der Waals surface area (Å²) in [6.07, 6.45) is 2.79. The molecule has 0 amide bonds. The van der Waals surface area contributed by atoms with Gasteiger partial charge in [-0.15, -0.1) is 11.8 Å². The number of aliphatic carboxylic acids is 1. The minimum absolute atomic E-state index is 0.0319. The molecule has 1 N–H and O–H groups in total. The normalized spacial score (nSPS) is 21.1. The van der Waals surface area contributed by atoms with Crippen LogP contribution in [-0.2, 0) is 11.2 Å². The maximum atomic E-state index is 10.6. The van der Waals surface area contributed by atoms with E-state index in [-0.39, 0.29) is 12.5 Å². The van der Waals surface area contributed by atoms with E-state index in [4.69, 9.17) is 5.11 Å². The van der Waals surface area contributed by atoms with Gasteiger partial charge in [-0.25, -0.2) is 0 Å². The second-order valence-electron chi connectivity index (χ2n) is 4.12. The van der Waals surface area contributed by atoms with E-state index in [9.17, 15) is 9.70 Å². The fourth-order valence-electron chi connectivity index (χ4n) is 1.84. The average molecular weight is 263 g/mol. The third kappa shape index (κ3) is 3.20. The predicted molar refractivity (Wildman–Crippen MR) is 72.4 cm³/mol. The van der Waals surface area contributed by atoms with E-state index < -0.39 is 5.97 Å². The molecule has 1 fully saturated rings. The first kappa shape index (κ1) is 12.8. The van der Waals surface area contributed by atoms with Crippen LogP contribution in [0.25, 0.3) is 6.08 Å². The van der Waals surface area contributed by atoms with Gasteiger partial charge in [0.25, 0.3) is 0 Å². The van der Waals surface area contributed by atoms with Crippen LogP contribution >= 0.6 is 11.8 Å². The predicted octanol–water partition coefficient (Wildman–Crippen LogP) is 2.93. The molecule has 0 aromatic heterocycles. The number of carboxylic acids is 1. The minimum atomic E-state index is -0.835. The molecule has 5 heteroatoms. The lowest BCUT2D eigenvalue weighted by Gasteiger charge is -2.02. The highest BCUT2D eigenvalue weighted by atomic mass is 32.2. The summed E-state index contributed by atoms with van der Waals surface area (Å²) in [4.78, 5) is 22.2. The van der Waals surface area contributed by atoms with Crippen molar-refractivity contribution in [2.45, 2.75) is 18.9 Å². The van der Waals surface area contributed by atoms with Crippen molar-refractivity contribution in [2.75, 3.05) is 5.75 Å². The molecule has 0 radical (unpaired) electrons. The largest absolute Gasteiger partial charge is 0.481 e. The Labute approximate surface area is 109 Å². The Morgan fingerprint density at radius 1 is 1.44 bits per heavy atom. The summed E-state index contributed by atoms with van der Waals surface area (Å²) in [5.41, 5.74) is 1.75. The lowest BCUT2D eigenvalue weighted by molar-refractivity contribution is -0.136. The van der Waals surface area contributed by atoms with E-state index in [2.05, 4.69) is 5.18 Å². The van der Waals surface area contributed by atoms with Gasteiger partial charge in [0.15, 0.2) is 0 Å². The molecule has 2 rings (SSSR count). The van der Waals surface area contributed by atoms with Gasteiger partial charge in [0.2, 0.25) is 0 Å². The molecule has 1 heterocycles. The molecule has 1 aromatic carbocycles. The second-order valence-corrected chi connectivity index (χ2v) is 5.29. The number of rotatable bonds is 4. The van der Waals surface area contributed by atoms with Crippen LogP contribution in [0.1, 0.15) is 17.5 Å². The molecule has 1 aliphatic rings. The average Bonchev–Trinajstić information content (AvgIpc) is 2.78. The van der Waals surface area contributed by atoms with Crippen LogP contribution in [0.5, 0.6) is 0 Å². The zero-order valence-electron chi connectivity index (χ0n) is 9.70. The monoisotopic (exact) mass is 263 g/mol. The van der Waals surface area contributed by atoms with Crippen LogP contribution in [0.15, 0.2) is 34.3 Å². The van der Waals surface area contributed by atoms with Crippen molar-refractivity contribution >= 4 is 23.8 Å². The van der Waals surface area contributed by atoms with Gasteiger partial charge in [-0.1, -0.05) is 29.4 Å². The summed E-state index contributed by atoms with van der Waals surface area (Å²) in [5.74, 6) is 0.0944. The Morgan fingerprint density at radius 3 is 2.78 bits per heavy atom. The van der Waals surface area contributed by atoms with Gasteiger partial charge in [0.05, 0.1) is 6.42 Å². The van der Waals surface area contributed by atoms with Crippen LogP contribution in [0.4, 0.5) is 0 Å². The van der Waals surface area contributed by atoms with Crippen LogP contribution < -0.4 is 0 Å². The first-order valence-corrected chi connectivity index (χ1v) is 6.65. The van der Waals surface area contributed by atoms with Crippen molar-refractivity contribution in [3.63, 3.8) is 0 Å². The standard InChI is InChI=1S/C13H13NO3S/c15-13(16)8-10-3-1-9(2-4-10)7-12-11(14-17)5-6-18-12/h1-4,7,11H,5-6,8H2,(H,15,16)/b12-7-/t11-/m1/s1. The minimum Gasteiger partial charge on any atom is -0.481 e. The SMILES string of the molecule is O=N[C@@H]1CCS/C1=C\c1ccc(CC(=O)O)cc1. The zero-order valence-corrected chi connectivity index (χ0v) is 10.5. The van der Waals surface area contributed by atoms with Gasteiger partial charge in [-0.3, -0.25) is 4.79 Å². The van der Waals surface area contributed by atoms with E-state index in [1.165, 1.54) is 0 Å². The number of hydrogen-bond donors (Lipinski definition) is 1. The third-order valence-electron chi connectivity index (χ3n) is 2.76. The van der Waals surface area contributed by atoms with Crippen molar-refractivity contribution in [1.82, 2.24) is 0 Å². The first-order chi connectivity index (χ1) is 8.69. The second kappa shape index (κ2) is 5.82. The summed E-state index contributed by atoms with van der Waals surface area (Å²) >= 11 is 1.66. The van der Waals surface area contributed by atoms with Crippen LogP contribution in [0, 0.1) is 4.91 Å². The number of carboxylic acid groups (broad SMARTS) is 1. The summed E-state index contributed by atoms with van der Waals surface area (Å²) in [6, 6.07) is 7.11. The lowest BCUT2D eigenvalue weighted by atomic mass is 10.1. The molecular formula is C13H13NO3S. The van der Waals surface area contributed by atoms with Crippen molar-refractivity contribution < 1.29 is 9.90 Å².